The minimum absolute atomic E-state index is 0.00438. The fourth-order valence-corrected chi connectivity index (χ4v) is 8.63. The number of carboxylic acid groups (broad SMARTS) is 1. The van der Waals surface area contributed by atoms with Crippen LogP contribution in [0.3, 0.4) is 0 Å². The average Bonchev–Trinajstić information content (AvgIpc) is 3.56. The van der Waals surface area contributed by atoms with Gasteiger partial charge in [-0.05, 0) is 74.6 Å². The Balaban J connectivity index is 1.10. The van der Waals surface area contributed by atoms with Crippen molar-refractivity contribution in [2.24, 2.45) is 11.8 Å². The summed E-state index contributed by atoms with van der Waals surface area (Å²) in [5, 5.41) is 28.9. The SMILES string of the molecule is O=C(O)CNC(=O)c1cc(F)c2nc(C3(O)[C@@H]4CC[C@H]3CC(OCc3c(-c5c(Cl)cccc5Cl)noc3C3CC3)C4)sc2c1. The van der Waals surface area contributed by atoms with E-state index in [4.69, 9.17) is 37.6 Å². The highest BCUT2D eigenvalue weighted by atomic mass is 35.5. The number of amides is 1. The van der Waals surface area contributed by atoms with E-state index in [1.807, 2.05) is 0 Å². The first kappa shape index (κ1) is 29.6. The standard InChI is InChI=1S/C31H28Cl2FN3O6S/c32-20-2-1-3-21(33)25(20)26-19(28(43-37-26)14-4-5-14)13-42-18-10-16-6-7-17(11-18)31(16,41)30-36-27-22(34)8-15(9-23(27)44-30)29(40)35-12-24(38)39/h1-3,8-9,14,16-18,41H,4-7,10-13H2,(H,35,40)(H,38,39)/t16-,17+,18?,31?. The fraction of sp³-hybridized carbons (Fsp3) is 0.419. The van der Waals surface area contributed by atoms with Gasteiger partial charge in [0.05, 0.1) is 27.5 Å². The van der Waals surface area contributed by atoms with Crippen LogP contribution in [0.5, 0.6) is 0 Å². The van der Waals surface area contributed by atoms with E-state index in [-0.39, 0.29) is 35.6 Å². The van der Waals surface area contributed by atoms with Gasteiger partial charge in [0.25, 0.3) is 5.91 Å². The number of nitrogens with one attached hydrogen (secondary N) is 1. The lowest BCUT2D eigenvalue weighted by atomic mass is 9.73. The molecule has 0 aliphatic heterocycles. The van der Waals surface area contributed by atoms with Crippen LogP contribution >= 0.6 is 34.5 Å². The highest BCUT2D eigenvalue weighted by molar-refractivity contribution is 7.18. The molecule has 2 aromatic heterocycles. The van der Waals surface area contributed by atoms with Crippen molar-refractivity contribution in [2.45, 2.75) is 62.8 Å². The molecule has 4 atom stereocenters. The van der Waals surface area contributed by atoms with Crippen molar-refractivity contribution in [1.29, 1.82) is 0 Å². The van der Waals surface area contributed by atoms with Crippen molar-refractivity contribution in [3.05, 3.63) is 68.1 Å². The smallest absolute Gasteiger partial charge is 0.322 e. The molecule has 44 heavy (non-hydrogen) atoms. The summed E-state index contributed by atoms with van der Waals surface area (Å²) in [6.07, 6.45) is 4.68. The summed E-state index contributed by atoms with van der Waals surface area (Å²) in [5.41, 5.74) is 0.889. The number of fused-ring (bicyclic) bond motifs is 3. The maximum atomic E-state index is 15.0. The van der Waals surface area contributed by atoms with Crippen LogP contribution < -0.4 is 5.32 Å². The lowest BCUT2D eigenvalue weighted by Gasteiger charge is -2.41. The topological polar surface area (TPSA) is 135 Å². The summed E-state index contributed by atoms with van der Waals surface area (Å²) in [4.78, 5) is 27.7. The molecule has 9 nitrogen and oxygen atoms in total. The van der Waals surface area contributed by atoms with Crippen LogP contribution in [0.4, 0.5) is 4.39 Å². The van der Waals surface area contributed by atoms with Crippen LogP contribution in [0.25, 0.3) is 21.5 Å². The number of carbonyl (C=O) groups is 2. The molecule has 2 aromatic carbocycles. The molecular weight excluding hydrogens is 632 g/mol. The number of hydrogen-bond acceptors (Lipinski definition) is 8. The highest BCUT2D eigenvalue weighted by Crippen LogP contribution is 2.57. The van der Waals surface area contributed by atoms with Gasteiger partial charge in [0.2, 0.25) is 0 Å². The van der Waals surface area contributed by atoms with Gasteiger partial charge in [-0.2, -0.15) is 0 Å². The summed E-state index contributed by atoms with van der Waals surface area (Å²) < 4.78 is 27.7. The summed E-state index contributed by atoms with van der Waals surface area (Å²) in [6.45, 7) is -0.305. The predicted octanol–water partition coefficient (Wildman–Crippen LogP) is 6.68. The number of thiazole rings is 1. The van der Waals surface area contributed by atoms with Crippen LogP contribution in [-0.2, 0) is 21.7 Å². The number of aliphatic hydroxyl groups is 1. The Bertz CT molecular complexity index is 1760. The van der Waals surface area contributed by atoms with E-state index in [0.29, 0.717) is 49.8 Å². The minimum atomic E-state index is -1.24. The summed E-state index contributed by atoms with van der Waals surface area (Å²) >= 11 is 14.2. The van der Waals surface area contributed by atoms with E-state index in [1.165, 1.54) is 6.07 Å². The number of carbonyl (C=O) groups excluding carboxylic acids is 1. The van der Waals surface area contributed by atoms with Gasteiger partial charge < -0.3 is 24.8 Å². The van der Waals surface area contributed by atoms with Gasteiger partial charge in [-0.15, -0.1) is 11.3 Å². The minimum Gasteiger partial charge on any atom is -0.480 e. The van der Waals surface area contributed by atoms with Crippen LogP contribution in [-0.4, -0.2) is 44.9 Å². The third kappa shape index (κ3) is 5.18. The van der Waals surface area contributed by atoms with E-state index in [1.54, 1.807) is 18.2 Å². The molecule has 4 aromatic rings. The van der Waals surface area contributed by atoms with E-state index < -0.39 is 29.8 Å². The van der Waals surface area contributed by atoms with Crippen molar-refractivity contribution in [2.75, 3.05) is 6.54 Å². The van der Waals surface area contributed by atoms with Crippen molar-refractivity contribution in [1.82, 2.24) is 15.5 Å². The molecule has 0 spiro atoms. The van der Waals surface area contributed by atoms with Gasteiger partial charge in [0, 0.05) is 22.6 Å². The van der Waals surface area contributed by atoms with Gasteiger partial charge >= 0.3 is 5.97 Å². The van der Waals surface area contributed by atoms with Gasteiger partial charge in [0.15, 0.2) is 5.82 Å². The molecule has 230 valence electrons. The Morgan fingerprint density at radius 3 is 2.50 bits per heavy atom. The quantitative estimate of drug-likeness (QED) is 0.181. The molecule has 13 heteroatoms. The molecule has 7 rings (SSSR count). The van der Waals surface area contributed by atoms with E-state index >= 15 is 4.39 Å². The second-order valence-corrected chi connectivity index (χ2v) is 13.7. The molecule has 2 bridgehead atoms. The molecule has 3 N–H and O–H groups in total. The Hall–Kier alpha value is -3.09. The Kier molecular flexibility index (Phi) is 7.65. The number of aromatic nitrogens is 2. The molecule has 3 aliphatic rings. The summed E-state index contributed by atoms with van der Waals surface area (Å²) in [6, 6.07) is 7.83. The molecule has 3 aliphatic carbocycles. The van der Waals surface area contributed by atoms with Crippen molar-refractivity contribution < 1.29 is 33.5 Å². The summed E-state index contributed by atoms with van der Waals surface area (Å²) in [5.74, 6) is -1.78. The number of hydrogen-bond donors (Lipinski definition) is 3. The molecule has 0 radical (unpaired) electrons. The van der Waals surface area contributed by atoms with E-state index in [0.717, 1.165) is 54.4 Å². The first-order valence-corrected chi connectivity index (χ1v) is 16.1. The molecule has 0 saturated heterocycles. The molecule has 3 fully saturated rings. The average molecular weight is 661 g/mol. The predicted molar refractivity (Wildman–Crippen MR) is 161 cm³/mol. The number of ether oxygens (including phenoxy) is 1. The fourth-order valence-electron chi connectivity index (χ4n) is 6.79. The molecule has 1 amide bonds. The van der Waals surface area contributed by atoms with E-state index in [9.17, 15) is 14.7 Å². The Morgan fingerprint density at radius 1 is 1.14 bits per heavy atom. The van der Waals surface area contributed by atoms with E-state index in [2.05, 4.69) is 15.5 Å². The lowest BCUT2D eigenvalue weighted by Crippen LogP contribution is -2.44. The maximum Gasteiger partial charge on any atom is 0.322 e. The van der Waals surface area contributed by atoms with Crippen molar-refractivity contribution in [3.8, 4) is 11.3 Å². The van der Waals surface area contributed by atoms with Gasteiger partial charge in [-0.3, -0.25) is 9.59 Å². The zero-order valence-electron chi connectivity index (χ0n) is 23.3. The number of carboxylic acids is 1. The number of nitrogens with zero attached hydrogens (tertiary/aromatic N) is 2. The van der Waals surface area contributed by atoms with Gasteiger partial charge in [0.1, 0.15) is 34.1 Å². The second kappa shape index (κ2) is 11.4. The first-order valence-electron chi connectivity index (χ1n) is 14.5. The van der Waals surface area contributed by atoms with Crippen LogP contribution in [0.15, 0.2) is 34.9 Å². The Morgan fingerprint density at radius 2 is 1.84 bits per heavy atom. The van der Waals surface area contributed by atoms with Crippen molar-refractivity contribution in [3.63, 3.8) is 0 Å². The monoisotopic (exact) mass is 659 g/mol. The molecule has 2 unspecified atom stereocenters. The number of benzene rings is 2. The highest BCUT2D eigenvalue weighted by Gasteiger charge is 2.56. The van der Waals surface area contributed by atoms with Gasteiger partial charge in [-0.25, -0.2) is 9.37 Å². The maximum absolute atomic E-state index is 15.0. The Labute approximate surface area is 265 Å². The van der Waals surface area contributed by atoms with Crippen LogP contribution in [0.2, 0.25) is 10.0 Å². The second-order valence-electron chi connectivity index (χ2n) is 11.8. The number of aliphatic carboxylic acids is 1. The zero-order chi connectivity index (χ0) is 30.7. The van der Waals surface area contributed by atoms with Gasteiger partial charge in [-0.1, -0.05) is 34.4 Å². The third-order valence-corrected chi connectivity index (χ3v) is 10.9. The summed E-state index contributed by atoms with van der Waals surface area (Å²) in [7, 11) is 0. The zero-order valence-corrected chi connectivity index (χ0v) is 25.6. The number of rotatable bonds is 9. The first-order chi connectivity index (χ1) is 21.1. The molecule has 2 heterocycles. The van der Waals surface area contributed by atoms with Crippen molar-refractivity contribution >= 4 is 56.6 Å². The lowest BCUT2D eigenvalue weighted by molar-refractivity contribution is -0.135. The number of halogens is 3. The largest absolute Gasteiger partial charge is 0.480 e. The third-order valence-electron chi connectivity index (χ3n) is 9.09. The molecular formula is C31H28Cl2FN3O6S. The van der Waals surface area contributed by atoms with Crippen LogP contribution in [0.1, 0.15) is 71.1 Å². The molecule has 3 saturated carbocycles. The normalized spacial score (nSPS) is 24.6. The van der Waals surface area contributed by atoms with Crippen LogP contribution in [0, 0.1) is 17.7 Å².